The molecule has 4 heteroatoms. The van der Waals surface area contributed by atoms with Gasteiger partial charge in [0, 0.05) is 19.6 Å². The van der Waals surface area contributed by atoms with E-state index in [2.05, 4.69) is 35.2 Å². The molecule has 0 N–H and O–H groups in total. The lowest BCUT2D eigenvalue weighted by molar-refractivity contribution is -0.0504. The van der Waals surface area contributed by atoms with Gasteiger partial charge in [0.15, 0.2) is 0 Å². The second-order valence-electron chi connectivity index (χ2n) is 5.34. The summed E-state index contributed by atoms with van der Waals surface area (Å²) in [5.74, 6) is 0.904. The third-order valence-electron chi connectivity index (χ3n) is 3.65. The average Bonchev–Trinajstić information content (AvgIpc) is 2.55. The van der Waals surface area contributed by atoms with Crippen molar-refractivity contribution in [1.29, 1.82) is 0 Å². The van der Waals surface area contributed by atoms with Gasteiger partial charge >= 0.3 is 0 Å². The predicted molar refractivity (Wildman–Crippen MR) is 93.8 cm³/mol. The molecule has 0 bridgehead atoms. The summed E-state index contributed by atoms with van der Waals surface area (Å²) in [4.78, 5) is 2.43. The number of morpholine rings is 1. The van der Waals surface area contributed by atoms with Crippen LogP contribution in [-0.2, 0) is 11.3 Å². The molecule has 1 saturated heterocycles. The molecular weight excluding hydrogens is 294 g/mol. The first kappa shape index (κ1) is 16.9. The van der Waals surface area contributed by atoms with Crippen molar-refractivity contribution < 1.29 is 9.47 Å². The Morgan fingerprint density at radius 3 is 2.41 bits per heavy atom. The van der Waals surface area contributed by atoms with Crippen LogP contribution in [0.5, 0.6) is 5.75 Å². The van der Waals surface area contributed by atoms with Crippen LogP contribution < -0.4 is 4.74 Å². The van der Waals surface area contributed by atoms with Crippen molar-refractivity contribution in [2.75, 3.05) is 26.3 Å². The van der Waals surface area contributed by atoms with Gasteiger partial charge in [0.2, 0.25) is 0 Å². The summed E-state index contributed by atoms with van der Waals surface area (Å²) in [5.41, 5.74) is 1.35. The number of rotatable bonds is 5. The molecule has 0 amide bonds. The van der Waals surface area contributed by atoms with Gasteiger partial charge in [-0.15, -0.1) is 0 Å². The third-order valence-corrected chi connectivity index (χ3v) is 3.65. The lowest BCUT2D eigenvalue weighted by Gasteiger charge is -2.32. The lowest BCUT2D eigenvalue weighted by Crippen LogP contribution is -2.44. The second kappa shape index (κ2) is 8.83. The van der Waals surface area contributed by atoms with E-state index in [1.807, 2.05) is 30.3 Å². The quantitative estimate of drug-likeness (QED) is 0.846. The molecular formula is C18H23NO2S. The van der Waals surface area contributed by atoms with Crippen LogP contribution >= 0.6 is 13.5 Å². The Kier molecular flexibility index (Phi) is 6.77. The van der Waals surface area contributed by atoms with Crippen molar-refractivity contribution in [2.45, 2.75) is 12.6 Å². The van der Waals surface area contributed by atoms with E-state index in [1.54, 1.807) is 0 Å². The Labute approximate surface area is 139 Å². The largest absolute Gasteiger partial charge is 0.491 e. The molecule has 1 unspecified atom stereocenters. The summed E-state index contributed by atoms with van der Waals surface area (Å²) in [6.07, 6.45) is 0.141. The van der Waals surface area contributed by atoms with Gasteiger partial charge in [0.05, 0.1) is 6.61 Å². The van der Waals surface area contributed by atoms with Crippen molar-refractivity contribution in [3.05, 3.63) is 66.2 Å². The van der Waals surface area contributed by atoms with Gasteiger partial charge in [-0.05, 0) is 17.7 Å². The van der Waals surface area contributed by atoms with Crippen LogP contribution in [-0.4, -0.2) is 37.3 Å². The molecule has 0 spiro atoms. The zero-order chi connectivity index (χ0) is 14.3. The van der Waals surface area contributed by atoms with E-state index in [0.717, 1.165) is 32.0 Å². The Morgan fingerprint density at radius 1 is 1.00 bits per heavy atom. The van der Waals surface area contributed by atoms with Gasteiger partial charge in [-0.2, -0.15) is 13.5 Å². The molecule has 1 atom stereocenters. The SMILES string of the molecule is S.c1ccc(CN2CCOC(COc3ccccc3)C2)cc1. The summed E-state index contributed by atoms with van der Waals surface area (Å²) in [6.45, 7) is 4.26. The minimum Gasteiger partial charge on any atom is -0.491 e. The average molecular weight is 317 g/mol. The normalized spacial score (nSPS) is 18.5. The van der Waals surface area contributed by atoms with E-state index >= 15 is 0 Å². The fraction of sp³-hybridized carbons (Fsp3) is 0.333. The van der Waals surface area contributed by atoms with E-state index in [9.17, 15) is 0 Å². The zero-order valence-corrected chi connectivity index (χ0v) is 13.7. The van der Waals surface area contributed by atoms with Crippen LogP contribution in [0.3, 0.4) is 0 Å². The van der Waals surface area contributed by atoms with Crippen LogP contribution in [0.25, 0.3) is 0 Å². The highest BCUT2D eigenvalue weighted by molar-refractivity contribution is 7.59. The monoisotopic (exact) mass is 317 g/mol. The van der Waals surface area contributed by atoms with Crippen LogP contribution in [0, 0.1) is 0 Å². The number of hydrogen-bond donors (Lipinski definition) is 0. The van der Waals surface area contributed by atoms with E-state index < -0.39 is 0 Å². The van der Waals surface area contributed by atoms with Crippen LogP contribution in [0.2, 0.25) is 0 Å². The van der Waals surface area contributed by atoms with Crippen LogP contribution in [0.15, 0.2) is 60.7 Å². The first-order chi connectivity index (χ1) is 10.4. The summed E-state index contributed by atoms with van der Waals surface area (Å²) in [6, 6.07) is 20.5. The second-order valence-corrected chi connectivity index (χ2v) is 5.34. The van der Waals surface area contributed by atoms with Crippen molar-refractivity contribution in [2.24, 2.45) is 0 Å². The first-order valence-electron chi connectivity index (χ1n) is 7.46. The maximum absolute atomic E-state index is 5.80. The molecule has 0 saturated carbocycles. The van der Waals surface area contributed by atoms with Crippen molar-refractivity contribution in [3.63, 3.8) is 0 Å². The maximum Gasteiger partial charge on any atom is 0.119 e. The Balaban J connectivity index is 0.00000176. The van der Waals surface area contributed by atoms with Gasteiger partial charge in [-0.25, -0.2) is 0 Å². The number of benzene rings is 2. The maximum atomic E-state index is 5.80. The molecule has 22 heavy (non-hydrogen) atoms. The summed E-state index contributed by atoms with van der Waals surface area (Å²) >= 11 is 0. The number of hydrogen-bond acceptors (Lipinski definition) is 3. The van der Waals surface area contributed by atoms with E-state index in [0.29, 0.717) is 6.61 Å². The molecule has 2 aromatic carbocycles. The fourth-order valence-corrected chi connectivity index (χ4v) is 2.57. The minimum absolute atomic E-state index is 0. The molecule has 1 heterocycles. The van der Waals surface area contributed by atoms with E-state index in [-0.39, 0.29) is 19.6 Å². The molecule has 3 rings (SSSR count). The number of para-hydroxylation sites is 1. The van der Waals surface area contributed by atoms with Gasteiger partial charge in [0.25, 0.3) is 0 Å². The smallest absolute Gasteiger partial charge is 0.119 e. The molecule has 0 aliphatic carbocycles. The lowest BCUT2D eigenvalue weighted by atomic mass is 10.2. The fourth-order valence-electron chi connectivity index (χ4n) is 2.57. The highest BCUT2D eigenvalue weighted by Gasteiger charge is 2.21. The summed E-state index contributed by atoms with van der Waals surface area (Å²) in [5, 5.41) is 0. The van der Waals surface area contributed by atoms with Gasteiger partial charge in [0.1, 0.15) is 18.5 Å². The number of ether oxygens (including phenoxy) is 2. The molecule has 0 aromatic heterocycles. The van der Waals surface area contributed by atoms with Crippen molar-refractivity contribution in [1.82, 2.24) is 4.90 Å². The molecule has 1 aliphatic rings. The first-order valence-corrected chi connectivity index (χ1v) is 7.46. The Bertz CT molecular complexity index is 535. The van der Waals surface area contributed by atoms with Gasteiger partial charge in [-0.3, -0.25) is 4.90 Å². The Morgan fingerprint density at radius 2 is 1.68 bits per heavy atom. The molecule has 0 radical (unpaired) electrons. The molecule has 118 valence electrons. The predicted octanol–water partition coefficient (Wildman–Crippen LogP) is 3.08. The topological polar surface area (TPSA) is 21.7 Å². The minimum atomic E-state index is 0. The highest BCUT2D eigenvalue weighted by atomic mass is 32.1. The molecule has 2 aromatic rings. The van der Waals surface area contributed by atoms with Crippen molar-refractivity contribution in [3.8, 4) is 5.75 Å². The zero-order valence-electron chi connectivity index (χ0n) is 12.7. The summed E-state index contributed by atoms with van der Waals surface area (Å²) in [7, 11) is 0. The number of nitrogens with zero attached hydrogens (tertiary/aromatic N) is 1. The third kappa shape index (κ3) is 5.05. The molecule has 3 nitrogen and oxygen atoms in total. The molecule has 1 fully saturated rings. The standard InChI is InChI=1S/C18H21NO2.H2S/c1-3-7-16(8-4-1)13-19-11-12-20-18(14-19)15-21-17-9-5-2-6-10-17;/h1-10,18H,11-15H2;1H2. The van der Waals surface area contributed by atoms with Crippen LogP contribution in [0.1, 0.15) is 5.56 Å². The van der Waals surface area contributed by atoms with E-state index in [1.165, 1.54) is 5.56 Å². The van der Waals surface area contributed by atoms with Crippen LogP contribution in [0.4, 0.5) is 0 Å². The summed E-state index contributed by atoms with van der Waals surface area (Å²) < 4.78 is 11.6. The highest BCUT2D eigenvalue weighted by Crippen LogP contribution is 2.13. The molecule has 1 aliphatic heterocycles. The van der Waals surface area contributed by atoms with E-state index in [4.69, 9.17) is 9.47 Å². The van der Waals surface area contributed by atoms with Crippen molar-refractivity contribution >= 4 is 13.5 Å². The van der Waals surface area contributed by atoms with Gasteiger partial charge in [-0.1, -0.05) is 48.5 Å². The Hall–Kier alpha value is -1.49. The van der Waals surface area contributed by atoms with Gasteiger partial charge < -0.3 is 9.47 Å².